The number of nitrogens with one attached hydrogen (secondary N) is 1. The van der Waals surface area contributed by atoms with Crippen LogP contribution in [-0.4, -0.2) is 19.6 Å². The summed E-state index contributed by atoms with van der Waals surface area (Å²) in [4.78, 5) is 11.1. The highest BCUT2D eigenvalue weighted by Crippen LogP contribution is 2.30. The standard InChI is InChI=1S/C19H19NO3/c1-13(21)20-8-7-15-11-16(19-4-3-9-23-19)10-14-5-6-17(22-2)12-18(14)15/h3-6,9-12H,7-8H2,1-2H3,(H,20,21). The Morgan fingerprint density at radius 3 is 2.78 bits per heavy atom. The number of fused-ring (bicyclic) bond motifs is 1. The number of hydrogen-bond donors (Lipinski definition) is 1. The van der Waals surface area contributed by atoms with Gasteiger partial charge in [0.2, 0.25) is 5.91 Å². The minimum atomic E-state index is -0.0194. The molecule has 0 radical (unpaired) electrons. The van der Waals surface area contributed by atoms with Crippen LogP contribution < -0.4 is 10.1 Å². The average molecular weight is 309 g/mol. The number of benzene rings is 2. The van der Waals surface area contributed by atoms with Crippen molar-refractivity contribution >= 4 is 16.7 Å². The molecule has 1 amide bonds. The van der Waals surface area contributed by atoms with Gasteiger partial charge in [-0.25, -0.2) is 0 Å². The smallest absolute Gasteiger partial charge is 0.216 e. The van der Waals surface area contributed by atoms with Crippen molar-refractivity contribution in [1.82, 2.24) is 5.32 Å². The van der Waals surface area contributed by atoms with Crippen LogP contribution in [0.3, 0.4) is 0 Å². The third-order valence-corrected chi connectivity index (χ3v) is 3.82. The van der Waals surface area contributed by atoms with Gasteiger partial charge in [0.25, 0.3) is 0 Å². The maximum absolute atomic E-state index is 11.1. The minimum absolute atomic E-state index is 0.0194. The van der Waals surface area contributed by atoms with Gasteiger partial charge in [0.15, 0.2) is 0 Å². The second-order valence-electron chi connectivity index (χ2n) is 5.43. The topological polar surface area (TPSA) is 51.5 Å². The molecule has 23 heavy (non-hydrogen) atoms. The summed E-state index contributed by atoms with van der Waals surface area (Å²) in [6.45, 7) is 2.13. The van der Waals surface area contributed by atoms with Crippen molar-refractivity contribution < 1.29 is 13.9 Å². The summed E-state index contributed by atoms with van der Waals surface area (Å²) in [5, 5.41) is 5.10. The number of amides is 1. The van der Waals surface area contributed by atoms with Gasteiger partial charge in [0, 0.05) is 19.0 Å². The summed E-state index contributed by atoms with van der Waals surface area (Å²) in [5.74, 6) is 1.64. The van der Waals surface area contributed by atoms with Crippen LogP contribution in [0, 0.1) is 0 Å². The molecule has 0 aliphatic carbocycles. The molecule has 1 aromatic heterocycles. The number of carbonyl (C=O) groups is 1. The Balaban J connectivity index is 2.05. The van der Waals surface area contributed by atoms with E-state index in [2.05, 4.69) is 17.4 Å². The van der Waals surface area contributed by atoms with Crippen LogP contribution >= 0.6 is 0 Å². The van der Waals surface area contributed by atoms with Gasteiger partial charge in [-0.15, -0.1) is 0 Å². The molecular formula is C19H19NO3. The van der Waals surface area contributed by atoms with E-state index >= 15 is 0 Å². The molecule has 3 aromatic rings. The van der Waals surface area contributed by atoms with Gasteiger partial charge in [0.1, 0.15) is 11.5 Å². The molecule has 0 aliphatic rings. The predicted octanol–water partition coefficient (Wildman–Crippen LogP) is 3.79. The molecule has 118 valence electrons. The molecule has 0 saturated heterocycles. The SMILES string of the molecule is COc1ccc2cc(-c3ccco3)cc(CCNC(C)=O)c2c1. The zero-order chi connectivity index (χ0) is 16.2. The lowest BCUT2D eigenvalue weighted by Gasteiger charge is -2.11. The first-order valence-electron chi connectivity index (χ1n) is 7.56. The van der Waals surface area contributed by atoms with Crippen LogP contribution in [0.1, 0.15) is 12.5 Å². The molecular weight excluding hydrogens is 290 g/mol. The van der Waals surface area contributed by atoms with E-state index in [9.17, 15) is 4.79 Å². The third-order valence-electron chi connectivity index (χ3n) is 3.82. The first kappa shape index (κ1) is 15.2. The predicted molar refractivity (Wildman–Crippen MR) is 90.6 cm³/mol. The molecule has 0 spiro atoms. The van der Waals surface area contributed by atoms with E-state index in [1.165, 1.54) is 6.92 Å². The fourth-order valence-electron chi connectivity index (χ4n) is 2.71. The highest BCUT2D eigenvalue weighted by molar-refractivity contribution is 5.91. The number of ether oxygens (including phenoxy) is 1. The Kier molecular flexibility index (Phi) is 4.33. The molecule has 3 rings (SSSR count). The Labute approximate surface area is 135 Å². The molecule has 4 heteroatoms. The molecule has 2 aromatic carbocycles. The van der Waals surface area contributed by atoms with Crippen LogP contribution in [0.15, 0.2) is 53.1 Å². The molecule has 0 saturated carbocycles. The number of carbonyl (C=O) groups excluding carboxylic acids is 1. The quantitative estimate of drug-likeness (QED) is 0.780. The number of rotatable bonds is 5. The lowest BCUT2D eigenvalue weighted by molar-refractivity contribution is -0.118. The van der Waals surface area contributed by atoms with E-state index in [1.807, 2.05) is 30.3 Å². The molecule has 1 heterocycles. The van der Waals surface area contributed by atoms with Gasteiger partial charge in [-0.2, -0.15) is 0 Å². The van der Waals surface area contributed by atoms with Crippen molar-refractivity contribution in [2.75, 3.05) is 13.7 Å². The second-order valence-corrected chi connectivity index (χ2v) is 5.43. The monoisotopic (exact) mass is 309 g/mol. The number of hydrogen-bond acceptors (Lipinski definition) is 3. The van der Waals surface area contributed by atoms with Crippen molar-refractivity contribution in [3.05, 3.63) is 54.3 Å². The zero-order valence-corrected chi connectivity index (χ0v) is 13.3. The molecule has 1 N–H and O–H groups in total. The summed E-state index contributed by atoms with van der Waals surface area (Å²) in [7, 11) is 1.66. The molecule has 4 nitrogen and oxygen atoms in total. The summed E-state index contributed by atoms with van der Waals surface area (Å²) < 4.78 is 10.9. The summed E-state index contributed by atoms with van der Waals surface area (Å²) in [6.07, 6.45) is 2.42. The van der Waals surface area contributed by atoms with E-state index in [0.29, 0.717) is 6.54 Å². The van der Waals surface area contributed by atoms with Gasteiger partial charge in [-0.05, 0) is 59.2 Å². The molecule has 0 bridgehead atoms. The number of methoxy groups -OCH3 is 1. The van der Waals surface area contributed by atoms with E-state index in [1.54, 1.807) is 13.4 Å². The van der Waals surface area contributed by atoms with Crippen LogP contribution in [-0.2, 0) is 11.2 Å². The third kappa shape index (κ3) is 3.37. The average Bonchev–Trinajstić information content (AvgIpc) is 3.08. The fourth-order valence-corrected chi connectivity index (χ4v) is 2.71. The Hall–Kier alpha value is -2.75. The van der Waals surface area contributed by atoms with E-state index in [-0.39, 0.29) is 5.91 Å². The Morgan fingerprint density at radius 2 is 2.09 bits per heavy atom. The van der Waals surface area contributed by atoms with E-state index in [4.69, 9.17) is 9.15 Å². The first-order valence-corrected chi connectivity index (χ1v) is 7.56. The highest BCUT2D eigenvalue weighted by atomic mass is 16.5. The first-order chi connectivity index (χ1) is 11.2. The van der Waals surface area contributed by atoms with Gasteiger partial charge in [-0.3, -0.25) is 4.79 Å². The van der Waals surface area contributed by atoms with Crippen LogP contribution in [0.2, 0.25) is 0 Å². The zero-order valence-electron chi connectivity index (χ0n) is 13.3. The van der Waals surface area contributed by atoms with Crippen molar-refractivity contribution in [1.29, 1.82) is 0 Å². The lowest BCUT2D eigenvalue weighted by atomic mass is 9.97. The summed E-state index contributed by atoms with van der Waals surface area (Å²) in [5.41, 5.74) is 2.19. The van der Waals surface area contributed by atoms with Gasteiger partial charge in [0.05, 0.1) is 13.4 Å². The van der Waals surface area contributed by atoms with Crippen LogP contribution in [0.4, 0.5) is 0 Å². The summed E-state index contributed by atoms with van der Waals surface area (Å²) in [6, 6.07) is 14.1. The van der Waals surface area contributed by atoms with Crippen LogP contribution in [0.5, 0.6) is 5.75 Å². The molecule has 0 atom stereocenters. The molecule has 0 fully saturated rings. The fraction of sp³-hybridized carbons (Fsp3) is 0.211. The Morgan fingerprint density at radius 1 is 1.22 bits per heavy atom. The van der Waals surface area contributed by atoms with Crippen molar-refractivity contribution in [2.24, 2.45) is 0 Å². The van der Waals surface area contributed by atoms with Crippen molar-refractivity contribution in [2.45, 2.75) is 13.3 Å². The normalized spacial score (nSPS) is 10.7. The van der Waals surface area contributed by atoms with E-state index < -0.39 is 0 Å². The lowest BCUT2D eigenvalue weighted by Crippen LogP contribution is -2.22. The second kappa shape index (κ2) is 6.57. The van der Waals surface area contributed by atoms with Gasteiger partial charge in [-0.1, -0.05) is 6.07 Å². The largest absolute Gasteiger partial charge is 0.497 e. The van der Waals surface area contributed by atoms with Crippen molar-refractivity contribution in [3.63, 3.8) is 0 Å². The highest BCUT2D eigenvalue weighted by Gasteiger charge is 2.09. The molecule has 0 unspecified atom stereocenters. The van der Waals surface area contributed by atoms with Gasteiger partial charge < -0.3 is 14.5 Å². The number of furan rings is 1. The van der Waals surface area contributed by atoms with Crippen LogP contribution in [0.25, 0.3) is 22.1 Å². The summed E-state index contributed by atoms with van der Waals surface area (Å²) >= 11 is 0. The Bertz CT molecular complexity index is 822. The van der Waals surface area contributed by atoms with Crippen molar-refractivity contribution in [3.8, 4) is 17.1 Å². The van der Waals surface area contributed by atoms with E-state index in [0.717, 1.165) is 39.8 Å². The maximum Gasteiger partial charge on any atom is 0.216 e. The maximum atomic E-state index is 11.1. The minimum Gasteiger partial charge on any atom is -0.497 e. The van der Waals surface area contributed by atoms with Gasteiger partial charge >= 0.3 is 0 Å². The molecule has 0 aliphatic heterocycles.